The minimum absolute atomic E-state index is 0.103. The highest BCUT2D eigenvalue weighted by Crippen LogP contribution is 2.44. The zero-order chi connectivity index (χ0) is 24.9. The lowest BCUT2D eigenvalue weighted by Gasteiger charge is -2.15. The van der Waals surface area contributed by atoms with Gasteiger partial charge < -0.3 is 15.2 Å². The Hall–Kier alpha value is -4.20. The number of hydrogen-bond donors (Lipinski definition) is 3. The van der Waals surface area contributed by atoms with E-state index in [0.717, 1.165) is 28.3 Å². The number of benzene rings is 3. The molecule has 35 heavy (non-hydrogen) atoms. The van der Waals surface area contributed by atoms with Crippen molar-refractivity contribution in [2.45, 2.75) is 19.3 Å². The van der Waals surface area contributed by atoms with Crippen LogP contribution in [0.2, 0.25) is 0 Å². The van der Waals surface area contributed by atoms with E-state index in [4.69, 9.17) is 9.84 Å². The summed E-state index contributed by atoms with van der Waals surface area (Å²) in [6.07, 6.45) is -0.406. The number of amides is 2. The molecule has 2 amide bonds. The minimum atomic E-state index is -1.03. The fourth-order valence-electron chi connectivity index (χ4n) is 4.25. The highest BCUT2D eigenvalue weighted by atomic mass is 19.1. The summed E-state index contributed by atoms with van der Waals surface area (Å²) in [6.45, 7) is 1.70. The lowest BCUT2D eigenvalue weighted by Crippen LogP contribution is -2.33. The van der Waals surface area contributed by atoms with Gasteiger partial charge in [-0.15, -0.1) is 0 Å². The third-order valence-electron chi connectivity index (χ3n) is 6.15. The number of anilines is 1. The van der Waals surface area contributed by atoms with Gasteiger partial charge in [-0.2, -0.15) is 0 Å². The Kier molecular flexibility index (Phi) is 7.10. The van der Waals surface area contributed by atoms with Gasteiger partial charge >= 0.3 is 12.1 Å². The van der Waals surface area contributed by atoms with Crippen LogP contribution in [0.5, 0.6) is 0 Å². The first-order chi connectivity index (χ1) is 16.9. The Morgan fingerprint density at radius 2 is 1.63 bits per heavy atom. The zero-order valence-electron chi connectivity index (χ0n) is 19.1. The fraction of sp³-hybridized carbons (Fsp3) is 0.222. The van der Waals surface area contributed by atoms with Crippen LogP contribution in [0.4, 0.5) is 14.9 Å². The topological polar surface area (TPSA) is 105 Å². The number of aliphatic carboxylic acids is 1. The van der Waals surface area contributed by atoms with E-state index >= 15 is 0 Å². The highest BCUT2D eigenvalue weighted by Gasteiger charge is 2.29. The molecular weight excluding hydrogens is 451 g/mol. The van der Waals surface area contributed by atoms with Crippen molar-refractivity contribution in [3.8, 4) is 11.1 Å². The van der Waals surface area contributed by atoms with Crippen LogP contribution in [0.1, 0.15) is 40.7 Å². The monoisotopic (exact) mass is 476 g/mol. The number of nitrogens with one attached hydrogen (secondary N) is 2. The molecule has 180 valence electrons. The van der Waals surface area contributed by atoms with Crippen LogP contribution in [0.15, 0.2) is 66.7 Å². The first-order valence-corrected chi connectivity index (χ1v) is 11.3. The van der Waals surface area contributed by atoms with Gasteiger partial charge in [-0.25, -0.2) is 9.18 Å². The van der Waals surface area contributed by atoms with E-state index in [-0.39, 0.29) is 30.3 Å². The Balaban J connectivity index is 1.36. The van der Waals surface area contributed by atoms with Crippen LogP contribution in [0, 0.1) is 11.7 Å². The molecule has 1 unspecified atom stereocenters. The molecule has 0 aliphatic heterocycles. The maximum Gasteiger partial charge on any atom is 0.411 e. The number of carbonyl (C=O) groups excluding carboxylic acids is 2. The van der Waals surface area contributed by atoms with E-state index in [9.17, 15) is 18.8 Å². The number of halogens is 1. The van der Waals surface area contributed by atoms with Crippen LogP contribution < -0.4 is 10.6 Å². The second kappa shape index (κ2) is 10.4. The Morgan fingerprint density at radius 3 is 2.20 bits per heavy atom. The molecule has 0 bridgehead atoms. The van der Waals surface area contributed by atoms with E-state index in [1.54, 1.807) is 6.92 Å². The molecule has 0 saturated carbocycles. The lowest BCUT2D eigenvalue weighted by molar-refractivity contribution is -0.141. The number of carbonyl (C=O) groups is 3. The van der Waals surface area contributed by atoms with Crippen molar-refractivity contribution in [2.75, 3.05) is 18.5 Å². The third kappa shape index (κ3) is 5.16. The van der Waals surface area contributed by atoms with Crippen molar-refractivity contribution >= 4 is 23.7 Å². The molecule has 8 heteroatoms. The largest absolute Gasteiger partial charge is 0.481 e. The Bertz CT molecular complexity index is 1230. The third-order valence-corrected chi connectivity index (χ3v) is 6.15. The smallest absolute Gasteiger partial charge is 0.411 e. The van der Waals surface area contributed by atoms with E-state index in [1.165, 1.54) is 12.1 Å². The number of fused-ring (bicyclic) bond motifs is 3. The number of carboxylic acid groups (broad SMARTS) is 1. The summed E-state index contributed by atoms with van der Waals surface area (Å²) in [5.74, 6) is -3.46. The van der Waals surface area contributed by atoms with Gasteiger partial charge in [-0.3, -0.25) is 14.9 Å². The number of hydrogen-bond acceptors (Lipinski definition) is 4. The van der Waals surface area contributed by atoms with E-state index in [0.29, 0.717) is 6.42 Å². The van der Waals surface area contributed by atoms with Crippen molar-refractivity contribution in [1.29, 1.82) is 0 Å². The summed E-state index contributed by atoms with van der Waals surface area (Å²) < 4.78 is 20.0. The second-order valence-electron chi connectivity index (χ2n) is 8.30. The maximum atomic E-state index is 14.5. The quantitative estimate of drug-likeness (QED) is 0.423. The second-order valence-corrected chi connectivity index (χ2v) is 8.30. The number of rotatable bonds is 8. The van der Waals surface area contributed by atoms with Crippen molar-refractivity contribution in [3.05, 3.63) is 89.2 Å². The molecule has 0 spiro atoms. The molecule has 0 aromatic heterocycles. The average Bonchev–Trinajstić information content (AvgIpc) is 3.16. The molecule has 0 saturated heterocycles. The predicted molar refractivity (Wildman–Crippen MR) is 129 cm³/mol. The summed E-state index contributed by atoms with van der Waals surface area (Å²) in [5.41, 5.74) is 4.27. The summed E-state index contributed by atoms with van der Waals surface area (Å²) >= 11 is 0. The molecule has 4 rings (SSSR count). The Labute approximate surface area is 201 Å². The summed E-state index contributed by atoms with van der Waals surface area (Å²) in [4.78, 5) is 35.7. The molecule has 7 nitrogen and oxygen atoms in total. The molecule has 1 aliphatic rings. The highest BCUT2D eigenvalue weighted by molar-refractivity contribution is 5.95. The van der Waals surface area contributed by atoms with Crippen LogP contribution in [-0.2, 0) is 9.53 Å². The number of ether oxygens (including phenoxy) is 1. The molecule has 3 aromatic rings. The first kappa shape index (κ1) is 23.9. The molecular formula is C27H25FN2O5. The SMILES string of the molecule is CCC(CNC(=O)c1ccc(NC(=O)OCC2c3ccccc3-c3ccccc32)cc1F)C(=O)O. The van der Waals surface area contributed by atoms with Crippen molar-refractivity contribution in [1.82, 2.24) is 5.32 Å². The zero-order valence-corrected chi connectivity index (χ0v) is 19.1. The van der Waals surface area contributed by atoms with Gasteiger partial charge in [0.25, 0.3) is 5.91 Å². The van der Waals surface area contributed by atoms with E-state index in [2.05, 4.69) is 10.6 Å². The maximum absolute atomic E-state index is 14.5. The molecule has 1 atom stereocenters. The van der Waals surface area contributed by atoms with Gasteiger partial charge in [0.05, 0.1) is 11.5 Å². The van der Waals surface area contributed by atoms with Gasteiger partial charge in [0.2, 0.25) is 0 Å². The van der Waals surface area contributed by atoms with Gasteiger partial charge in [-0.05, 0) is 46.9 Å². The minimum Gasteiger partial charge on any atom is -0.481 e. The van der Waals surface area contributed by atoms with Crippen molar-refractivity contribution in [2.24, 2.45) is 5.92 Å². The molecule has 3 N–H and O–H groups in total. The molecule has 3 aromatic carbocycles. The van der Waals surface area contributed by atoms with Crippen LogP contribution >= 0.6 is 0 Å². The van der Waals surface area contributed by atoms with Crippen LogP contribution in [-0.4, -0.2) is 36.2 Å². The molecule has 1 aliphatic carbocycles. The molecule has 0 radical (unpaired) electrons. The summed E-state index contributed by atoms with van der Waals surface area (Å²) in [5, 5.41) is 14.0. The Morgan fingerprint density at radius 1 is 1.00 bits per heavy atom. The van der Waals surface area contributed by atoms with E-state index in [1.807, 2.05) is 48.5 Å². The normalized spacial score (nSPS) is 12.9. The lowest BCUT2D eigenvalue weighted by atomic mass is 9.98. The standard InChI is InChI=1S/C27H25FN2O5/c1-2-16(26(32)33)14-29-25(31)22-12-11-17(13-24(22)28)30-27(34)35-15-23-20-9-5-3-7-18(20)19-8-4-6-10-21(19)23/h3-13,16,23H,2,14-15H2,1H3,(H,29,31)(H,30,34)(H,32,33). The van der Waals surface area contributed by atoms with Crippen molar-refractivity contribution in [3.63, 3.8) is 0 Å². The van der Waals surface area contributed by atoms with Crippen molar-refractivity contribution < 1.29 is 28.6 Å². The van der Waals surface area contributed by atoms with Gasteiger partial charge in [-0.1, -0.05) is 55.5 Å². The van der Waals surface area contributed by atoms with Gasteiger partial charge in [0.15, 0.2) is 0 Å². The number of carboxylic acids is 1. The molecule has 0 fully saturated rings. The van der Waals surface area contributed by atoms with E-state index < -0.39 is 29.7 Å². The summed E-state index contributed by atoms with van der Waals surface area (Å²) in [6, 6.07) is 19.6. The predicted octanol–water partition coefficient (Wildman–Crippen LogP) is 5.03. The van der Waals surface area contributed by atoms with Gasteiger partial charge in [0, 0.05) is 18.2 Å². The average molecular weight is 477 g/mol. The van der Waals surface area contributed by atoms with Crippen LogP contribution in [0.3, 0.4) is 0 Å². The molecule has 0 heterocycles. The fourth-order valence-corrected chi connectivity index (χ4v) is 4.25. The van der Waals surface area contributed by atoms with Crippen LogP contribution in [0.25, 0.3) is 11.1 Å². The van der Waals surface area contributed by atoms with Gasteiger partial charge in [0.1, 0.15) is 12.4 Å². The first-order valence-electron chi connectivity index (χ1n) is 11.3. The summed E-state index contributed by atoms with van der Waals surface area (Å²) in [7, 11) is 0.